The molecule has 1 saturated heterocycles. The first-order valence-electron chi connectivity index (χ1n) is 9.64. The predicted molar refractivity (Wildman–Crippen MR) is 125 cm³/mol. The van der Waals surface area contributed by atoms with E-state index in [0.717, 1.165) is 0 Å². The van der Waals surface area contributed by atoms with Crippen LogP contribution in [0.25, 0.3) is 6.08 Å². The summed E-state index contributed by atoms with van der Waals surface area (Å²) in [6.07, 6.45) is 1.71. The van der Waals surface area contributed by atoms with Crippen molar-refractivity contribution < 1.29 is 23.8 Å². The summed E-state index contributed by atoms with van der Waals surface area (Å²) in [6, 6.07) is 0. The summed E-state index contributed by atoms with van der Waals surface area (Å²) in [5.74, 6) is -0.936. The average molecular weight is 631 g/mol. The number of H-pyrrole nitrogens is 1. The second-order valence-electron chi connectivity index (χ2n) is 6.77. The van der Waals surface area contributed by atoms with Gasteiger partial charge in [0.1, 0.15) is 34.7 Å². The van der Waals surface area contributed by atoms with E-state index in [1.807, 2.05) is 13.8 Å². The van der Waals surface area contributed by atoms with Crippen molar-refractivity contribution in [3.63, 3.8) is 0 Å². The molecule has 0 spiro atoms. The number of aromatic nitrogens is 2. The first kappa shape index (κ1) is 26.0. The van der Waals surface area contributed by atoms with Crippen molar-refractivity contribution in [1.82, 2.24) is 9.55 Å². The molecule has 2 unspecified atom stereocenters. The molecule has 1 aliphatic heterocycles. The van der Waals surface area contributed by atoms with Gasteiger partial charge in [0, 0.05) is 12.6 Å². The third-order valence-electron chi connectivity index (χ3n) is 4.61. The van der Waals surface area contributed by atoms with Gasteiger partial charge in [-0.15, -0.1) is 0 Å². The summed E-state index contributed by atoms with van der Waals surface area (Å²) in [7, 11) is 0. The van der Waals surface area contributed by atoms with E-state index in [1.54, 1.807) is 0 Å². The predicted octanol–water partition coefficient (Wildman–Crippen LogP) is 2.99. The van der Waals surface area contributed by atoms with Gasteiger partial charge in [0.25, 0.3) is 5.56 Å². The summed E-state index contributed by atoms with van der Waals surface area (Å²) in [5, 5.41) is 0. The second-order valence-corrected chi connectivity index (χ2v) is 9.50. The molecule has 0 saturated carbocycles. The molecule has 2 rings (SSSR count). The van der Waals surface area contributed by atoms with Gasteiger partial charge in [-0.3, -0.25) is 23.9 Å². The molecule has 0 aliphatic carbocycles. The fourth-order valence-corrected chi connectivity index (χ4v) is 3.38. The van der Waals surface area contributed by atoms with Gasteiger partial charge in [-0.25, -0.2) is 4.79 Å². The monoisotopic (exact) mass is 628 g/mol. The molecule has 1 N–H and O–H groups in total. The maximum atomic E-state index is 12.4. The quantitative estimate of drug-likeness (QED) is 0.329. The van der Waals surface area contributed by atoms with Crippen LogP contribution < -0.4 is 11.2 Å². The van der Waals surface area contributed by atoms with Crippen LogP contribution in [0.4, 0.5) is 0 Å². The molecule has 1 aliphatic rings. The maximum Gasteiger partial charge on any atom is 0.330 e. The minimum Gasteiger partial charge on any atom is -0.462 e. The van der Waals surface area contributed by atoms with E-state index in [1.165, 1.54) is 21.8 Å². The molecule has 1 fully saturated rings. The molecule has 12 heteroatoms. The zero-order valence-electron chi connectivity index (χ0n) is 16.9. The van der Waals surface area contributed by atoms with Gasteiger partial charge >= 0.3 is 17.6 Å². The minimum absolute atomic E-state index is 0.145. The highest BCUT2D eigenvalue weighted by Crippen LogP contribution is 2.31. The van der Waals surface area contributed by atoms with Crippen LogP contribution in [0.5, 0.6) is 0 Å². The summed E-state index contributed by atoms with van der Waals surface area (Å²) in [4.78, 5) is 51.4. The van der Waals surface area contributed by atoms with E-state index >= 15 is 0 Å². The lowest BCUT2D eigenvalue weighted by Gasteiger charge is -2.20. The zero-order valence-corrected chi connectivity index (χ0v) is 21.6. The normalized spacial score (nSPS) is 22.9. The Morgan fingerprint density at radius 3 is 2.52 bits per heavy atom. The number of nitrogens with one attached hydrogen (secondary N) is 1. The standard InChI is InChI=1S/C19H23Br3N2O7/c1-3-11(21)17(26)29-9-14-13(31-18(27)12(22)4-2)7-15(30-14)24-8-10(5-6-20)16(25)23-19(24)28/h5-6,8,11-15H,3-4,7,9H2,1-2H3,(H,23,25,28)/b6-5+/t11?,12?,13-,14+,15+/m0/s1. The largest absolute Gasteiger partial charge is 0.462 e. The second kappa shape index (κ2) is 12.1. The van der Waals surface area contributed by atoms with Gasteiger partial charge in [0.05, 0.1) is 5.56 Å². The van der Waals surface area contributed by atoms with Crippen molar-refractivity contribution >= 4 is 65.8 Å². The van der Waals surface area contributed by atoms with Gasteiger partial charge in [0.15, 0.2) is 0 Å². The zero-order chi connectivity index (χ0) is 23.1. The summed E-state index contributed by atoms with van der Waals surface area (Å²) < 4.78 is 18.0. The van der Waals surface area contributed by atoms with Crippen molar-refractivity contribution in [3.05, 3.63) is 37.6 Å². The van der Waals surface area contributed by atoms with Gasteiger partial charge in [-0.2, -0.15) is 0 Å². The lowest BCUT2D eigenvalue weighted by atomic mass is 10.2. The van der Waals surface area contributed by atoms with Crippen molar-refractivity contribution in [3.8, 4) is 0 Å². The molecule has 0 aromatic carbocycles. The molecule has 31 heavy (non-hydrogen) atoms. The highest BCUT2D eigenvalue weighted by Gasteiger charge is 2.41. The lowest BCUT2D eigenvalue weighted by molar-refractivity contribution is -0.157. The van der Waals surface area contributed by atoms with Crippen LogP contribution in [0.15, 0.2) is 20.8 Å². The van der Waals surface area contributed by atoms with Crippen LogP contribution in [-0.4, -0.2) is 50.0 Å². The average Bonchev–Trinajstić information content (AvgIpc) is 3.14. The molecule has 1 aromatic rings. The number of ether oxygens (including phenoxy) is 3. The number of hydrogen-bond acceptors (Lipinski definition) is 7. The number of esters is 2. The topological polar surface area (TPSA) is 117 Å². The molecule has 0 bridgehead atoms. The van der Waals surface area contributed by atoms with E-state index in [2.05, 4.69) is 52.8 Å². The fraction of sp³-hybridized carbons (Fsp3) is 0.579. The van der Waals surface area contributed by atoms with Crippen molar-refractivity contribution in [2.45, 2.75) is 61.2 Å². The van der Waals surface area contributed by atoms with E-state index in [0.29, 0.717) is 12.8 Å². The Balaban J connectivity index is 2.26. The number of aromatic amines is 1. The molecular formula is C19H23Br3N2O7. The molecule has 2 heterocycles. The Morgan fingerprint density at radius 1 is 1.26 bits per heavy atom. The van der Waals surface area contributed by atoms with Crippen molar-refractivity contribution in [2.24, 2.45) is 0 Å². The first-order chi connectivity index (χ1) is 14.7. The van der Waals surface area contributed by atoms with Crippen LogP contribution in [0, 0.1) is 0 Å². The van der Waals surface area contributed by atoms with E-state index in [4.69, 9.17) is 14.2 Å². The fourth-order valence-electron chi connectivity index (χ4n) is 2.86. The van der Waals surface area contributed by atoms with Crippen LogP contribution in [0.2, 0.25) is 0 Å². The number of carbonyl (C=O) groups is 2. The number of halogens is 3. The Bertz CT molecular complexity index is 930. The number of hydrogen-bond donors (Lipinski definition) is 1. The van der Waals surface area contributed by atoms with Gasteiger partial charge in [-0.1, -0.05) is 61.6 Å². The van der Waals surface area contributed by atoms with E-state index in [-0.39, 0.29) is 18.6 Å². The Labute approximate surface area is 203 Å². The Morgan fingerprint density at radius 2 is 1.90 bits per heavy atom. The van der Waals surface area contributed by atoms with E-state index in [9.17, 15) is 19.2 Å². The summed E-state index contributed by atoms with van der Waals surface area (Å²) in [5.41, 5.74) is -0.973. The maximum absolute atomic E-state index is 12.4. The lowest BCUT2D eigenvalue weighted by Crippen LogP contribution is -2.35. The third kappa shape index (κ3) is 6.87. The molecule has 1 aromatic heterocycles. The third-order valence-corrected chi connectivity index (χ3v) is 6.92. The first-order valence-corrected chi connectivity index (χ1v) is 12.4. The number of carbonyl (C=O) groups excluding carboxylic acids is 2. The van der Waals surface area contributed by atoms with E-state index < -0.39 is 51.3 Å². The van der Waals surface area contributed by atoms with Gasteiger partial charge in [-0.05, 0) is 23.9 Å². The number of nitrogens with zero attached hydrogens (tertiary/aromatic N) is 1. The van der Waals surface area contributed by atoms with Crippen LogP contribution in [-0.2, 0) is 23.8 Å². The Kier molecular flexibility index (Phi) is 10.2. The summed E-state index contributed by atoms with van der Waals surface area (Å²) >= 11 is 9.58. The van der Waals surface area contributed by atoms with Crippen LogP contribution >= 0.6 is 47.8 Å². The Hall–Kier alpha value is -1.24. The highest BCUT2D eigenvalue weighted by atomic mass is 79.9. The molecule has 5 atom stereocenters. The van der Waals surface area contributed by atoms with Crippen molar-refractivity contribution in [1.29, 1.82) is 0 Å². The van der Waals surface area contributed by atoms with Crippen LogP contribution in [0.3, 0.4) is 0 Å². The molecule has 0 amide bonds. The highest BCUT2D eigenvalue weighted by molar-refractivity contribution is 9.11. The van der Waals surface area contributed by atoms with Gasteiger partial charge in [0.2, 0.25) is 0 Å². The van der Waals surface area contributed by atoms with Crippen molar-refractivity contribution in [2.75, 3.05) is 6.61 Å². The van der Waals surface area contributed by atoms with Gasteiger partial charge < -0.3 is 14.2 Å². The smallest absolute Gasteiger partial charge is 0.330 e. The molecule has 0 radical (unpaired) electrons. The molecule has 172 valence electrons. The minimum atomic E-state index is -0.824. The number of rotatable bonds is 9. The summed E-state index contributed by atoms with van der Waals surface area (Å²) in [6.45, 7) is 3.50. The SMILES string of the molecule is CCC(Br)C(=O)OC[C@H]1O[C@@H](n2cc(/C=C/Br)c(=O)[nH]c2=O)C[C@@H]1OC(=O)C(Br)CC. The molecular weight excluding hydrogens is 608 g/mol. The number of alkyl halides is 2. The molecule has 9 nitrogen and oxygen atoms in total. The van der Waals surface area contributed by atoms with Crippen LogP contribution in [0.1, 0.15) is 44.9 Å².